The Morgan fingerprint density at radius 1 is 1.25 bits per heavy atom. The van der Waals surface area contributed by atoms with E-state index < -0.39 is 0 Å². The third-order valence-electron chi connectivity index (χ3n) is 4.80. The average molecular weight is 275 g/mol. The number of nitrogens with two attached hydrogens (primary N) is 1. The van der Waals surface area contributed by atoms with Crippen LogP contribution in [-0.2, 0) is 6.54 Å². The zero-order valence-electron chi connectivity index (χ0n) is 13.1. The van der Waals surface area contributed by atoms with Crippen LogP contribution in [0.2, 0.25) is 0 Å². The topological polar surface area (TPSA) is 42.2 Å². The van der Waals surface area contributed by atoms with E-state index in [9.17, 15) is 0 Å². The lowest BCUT2D eigenvalue weighted by Gasteiger charge is -2.40. The first-order valence-electron chi connectivity index (χ1n) is 7.97. The van der Waals surface area contributed by atoms with Crippen molar-refractivity contribution in [3.8, 4) is 0 Å². The van der Waals surface area contributed by atoms with Gasteiger partial charge in [0.05, 0.1) is 0 Å². The molecule has 1 saturated carbocycles. The minimum atomic E-state index is 0.361. The van der Waals surface area contributed by atoms with Gasteiger partial charge in [0.2, 0.25) is 0 Å². The predicted molar refractivity (Wildman–Crippen MR) is 84.2 cm³/mol. The number of hydrogen-bond acceptors (Lipinski definition) is 3. The minimum Gasteiger partial charge on any atom is -0.327 e. The SMILES string of the molecule is CCN(Cc1ccncc1)CC1C(C)CC(C)CC1N. The van der Waals surface area contributed by atoms with Crippen LogP contribution in [0.3, 0.4) is 0 Å². The predicted octanol–water partition coefficient (Wildman–Crippen LogP) is 2.91. The van der Waals surface area contributed by atoms with Gasteiger partial charge in [0.25, 0.3) is 0 Å². The summed E-state index contributed by atoms with van der Waals surface area (Å²) in [4.78, 5) is 6.61. The average Bonchev–Trinajstić information content (AvgIpc) is 2.42. The second-order valence-corrected chi connectivity index (χ2v) is 6.56. The molecule has 0 bridgehead atoms. The van der Waals surface area contributed by atoms with Crippen LogP contribution >= 0.6 is 0 Å². The molecule has 1 aliphatic carbocycles. The molecule has 4 unspecified atom stereocenters. The quantitative estimate of drug-likeness (QED) is 0.898. The smallest absolute Gasteiger partial charge is 0.0271 e. The van der Waals surface area contributed by atoms with Gasteiger partial charge in [0.15, 0.2) is 0 Å². The van der Waals surface area contributed by atoms with Gasteiger partial charge in [-0.25, -0.2) is 0 Å². The molecule has 20 heavy (non-hydrogen) atoms. The molecule has 1 heterocycles. The summed E-state index contributed by atoms with van der Waals surface area (Å²) in [6.07, 6.45) is 6.26. The Bertz CT molecular complexity index is 380. The van der Waals surface area contributed by atoms with Gasteiger partial charge in [-0.2, -0.15) is 0 Å². The Morgan fingerprint density at radius 3 is 2.55 bits per heavy atom. The third-order valence-corrected chi connectivity index (χ3v) is 4.80. The van der Waals surface area contributed by atoms with Crippen LogP contribution in [0.5, 0.6) is 0 Å². The van der Waals surface area contributed by atoms with Crippen LogP contribution in [0.1, 0.15) is 39.2 Å². The summed E-state index contributed by atoms with van der Waals surface area (Å²) in [5.74, 6) is 2.15. The van der Waals surface area contributed by atoms with Gasteiger partial charge < -0.3 is 5.73 Å². The molecule has 3 nitrogen and oxygen atoms in total. The van der Waals surface area contributed by atoms with E-state index in [-0.39, 0.29) is 0 Å². The molecule has 2 N–H and O–H groups in total. The molecule has 3 heteroatoms. The summed E-state index contributed by atoms with van der Waals surface area (Å²) < 4.78 is 0. The van der Waals surface area contributed by atoms with Crippen LogP contribution in [-0.4, -0.2) is 29.0 Å². The number of nitrogens with zero attached hydrogens (tertiary/aromatic N) is 2. The lowest BCUT2D eigenvalue weighted by molar-refractivity contribution is 0.117. The molecule has 1 aliphatic rings. The van der Waals surface area contributed by atoms with Crippen molar-refractivity contribution in [1.29, 1.82) is 0 Å². The molecule has 0 saturated heterocycles. The molecule has 0 aromatic carbocycles. The Labute approximate surface area is 123 Å². The Hall–Kier alpha value is -0.930. The van der Waals surface area contributed by atoms with E-state index in [2.05, 4.69) is 42.8 Å². The molecule has 0 amide bonds. The fourth-order valence-corrected chi connectivity index (χ4v) is 3.63. The van der Waals surface area contributed by atoms with Crippen LogP contribution in [0.15, 0.2) is 24.5 Å². The van der Waals surface area contributed by atoms with Gasteiger partial charge in [-0.1, -0.05) is 20.8 Å². The summed E-state index contributed by atoms with van der Waals surface area (Å²) in [6, 6.07) is 4.57. The van der Waals surface area contributed by atoms with Gasteiger partial charge in [0, 0.05) is 31.5 Å². The van der Waals surface area contributed by atoms with Crippen molar-refractivity contribution < 1.29 is 0 Å². The zero-order chi connectivity index (χ0) is 14.5. The van der Waals surface area contributed by atoms with E-state index in [0.717, 1.165) is 31.5 Å². The molecular formula is C17H29N3. The largest absolute Gasteiger partial charge is 0.327 e. The van der Waals surface area contributed by atoms with Crippen molar-refractivity contribution in [3.05, 3.63) is 30.1 Å². The summed E-state index contributed by atoms with van der Waals surface area (Å²) in [5, 5.41) is 0. The standard InChI is InChI=1S/C17H29N3/c1-4-20(11-15-5-7-19-8-6-15)12-16-14(3)9-13(2)10-17(16)18/h5-8,13-14,16-17H,4,9-12,18H2,1-3H3. The zero-order valence-corrected chi connectivity index (χ0v) is 13.1. The normalized spacial score (nSPS) is 30.6. The molecule has 1 fully saturated rings. The maximum Gasteiger partial charge on any atom is 0.0271 e. The Kier molecular flexibility index (Phi) is 5.55. The molecule has 2 rings (SSSR count). The molecule has 112 valence electrons. The van der Waals surface area contributed by atoms with Crippen molar-refractivity contribution in [3.63, 3.8) is 0 Å². The lowest BCUT2D eigenvalue weighted by atomic mass is 9.72. The van der Waals surface area contributed by atoms with Crippen LogP contribution in [0.25, 0.3) is 0 Å². The third kappa shape index (κ3) is 4.03. The van der Waals surface area contributed by atoms with E-state index in [1.54, 1.807) is 0 Å². The number of aromatic nitrogens is 1. The fraction of sp³-hybridized carbons (Fsp3) is 0.706. The lowest BCUT2D eigenvalue weighted by Crippen LogP contribution is -2.46. The summed E-state index contributed by atoms with van der Waals surface area (Å²) in [6.45, 7) is 10.1. The molecule has 0 radical (unpaired) electrons. The first-order chi connectivity index (χ1) is 9.60. The summed E-state index contributed by atoms with van der Waals surface area (Å²) in [5.41, 5.74) is 7.76. The molecule has 0 aliphatic heterocycles. The highest BCUT2D eigenvalue weighted by Gasteiger charge is 2.32. The van der Waals surface area contributed by atoms with Crippen molar-refractivity contribution in [1.82, 2.24) is 9.88 Å². The highest BCUT2D eigenvalue weighted by atomic mass is 15.1. The van der Waals surface area contributed by atoms with Gasteiger partial charge in [0.1, 0.15) is 0 Å². The van der Waals surface area contributed by atoms with Gasteiger partial charge >= 0.3 is 0 Å². The van der Waals surface area contributed by atoms with E-state index >= 15 is 0 Å². The van der Waals surface area contributed by atoms with E-state index in [0.29, 0.717) is 12.0 Å². The molecule has 4 atom stereocenters. The van der Waals surface area contributed by atoms with Gasteiger partial charge in [-0.05, 0) is 54.8 Å². The van der Waals surface area contributed by atoms with Gasteiger partial charge in [-0.15, -0.1) is 0 Å². The number of pyridine rings is 1. The molecular weight excluding hydrogens is 246 g/mol. The van der Waals surface area contributed by atoms with Crippen LogP contribution in [0, 0.1) is 17.8 Å². The van der Waals surface area contributed by atoms with Crippen LogP contribution in [0.4, 0.5) is 0 Å². The van der Waals surface area contributed by atoms with E-state index in [1.165, 1.54) is 18.4 Å². The Balaban J connectivity index is 1.95. The maximum atomic E-state index is 6.42. The highest BCUT2D eigenvalue weighted by molar-refractivity contribution is 5.09. The van der Waals surface area contributed by atoms with Crippen molar-refractivity contribution >= 4 is 0 Å². The van der Waals surface area contributed by atoms with Crippen molar-refractivity contribution in [2.24, 2.45) is 23.5 Å². The summed E-state index contributed by atoms with van der Waals surface area (Å²) in [7, 11) is 0. The number of hydrogen-bond donors (Lipinski definition) is 1. The van der Waals surface area contributed by atoms with E-state index in [4.69, 9.17) is 5.73 Å². The molecule has 0 spiro atoms. The first-order valence-corrected chi connectivity index (χ1v) is 7.97. The number of rotatable bonds is 5. The minimum absolute atomic E-state index is 0.361. The second kappa shape index (κ2) is 7.19. The molecule has 1 aromatic heterocycles. The fourth-order valence-electron chi connectivity index (χ4n) is 3.63. The van der Waals surface area contributed by atoms with Gasteiger partial charge in [-0.3, -0.25) is 9.88 Å². The van der Waals surface area contributed by atoms with Crippen molar-refractivity contribution in [2.45, 2.75) is 46.2 Å². The maximum absolute atomic E-state index is 6.42. The van der Waals surface area contributed by atoms with Crippen LogP contribution < -0.4 is 5.73 Å². The highest BCUT2D eigenvalue weighted by Crippen LogP contribution is 2.33. The van der Waals surface area contributed by atoms with E-state index in [1.807, 2.05) is 12.4 Å². The monoisotopic (exact) mass is 275 g/mol. The second-order valence-electron chi connectivity index (χ2n) is 6.56. The van der Waals surface area contributed by atoms with Crippen molar-refractivity contribution in [2.75, 3.05) is 13.1 Å². The Morgan fingerprint density at radius 2 is 1.95 bits per heavy atom. The molecule has 1 aromatic rings. The first kappa shape index (κ1) is 15.5. The summed E-state index contributed by atoms with van der Waals surface area (Å²) >= 11 is 0.